The summed E-state index contributed by atoms with van der Waals surface area (Å²) >= 11 is 0. The SMILES string of the molecule is C=CC=NC(=NC)C(N=CC=C)=NC=C. The molecule has 0 amide bonds. The number of hydrogen-bond donors (Lipinski definition) is 0. The predicted molar refractivity (Wildman–Crippen MR) is 68.4 cm³/mol. The van der Waals surface area contributed by atoms with Crippen molar-refractivity contribution in [2.45, 2.75) is 0 Å². The second kappa shape index (κ2) is 8.50. The van der Waals surface area contributed by atoms with Crippen LogP contribution >= 0.6 is 0 Å². The van der Waals surface area contributed by atoms with Gasteiger partial charge in [0.05, 0.1) is 0 Å². The smallest absolute Gasteiger partial charge is 0.197 e. The van der Waals surface area contributed by atoms with Gasteiger partial charge >= 0.3 is 0 Å². The average Bonchev–Trinajstić information content (AvgIpc) is 2.26. The highest BCUT2D eigenvalue weighted by molar-refractivity contribution is 6.43. The van der Waals surface area contributed by atoms with E-state index in [2.05, 4.69) is 39.7 Å². The van der Waals surface area contributed by atoms with Gasteiger partial charge in [-0.25, -0.2) is 15.0 Å². The number of aliphatic imine (C=N–C) groups is 4. The van der Waals surface area contributed by atoms with Crippen LogP contribution in [0.25, 0.3) is 0 Å². The summed E-state index contributed by atoms with van der Waals surface area (Å²) in [6, 6.07) is 0. The molecule has 0 aliphatic carbocycles. The first kappa shape index (κ1) is 12.9. The van der Waals surface area contributed by atoms with E-state index in [0.717, 1.165) is 0 Å². The summed E-state index contributed by atoms with van der Waals surface area (Å²) in [5.74, 6) is 0.790. The molecule has 4 nitrogen and oxygen atoms in total. The number of amidine groups is 2. The van der Waals surface area contributed by atoms with E-state index < -0.39 is 0 Å². The van der Waals surface area contributed by atoms with Gasteiger partial charge in [-0.2, -0.15) is 0 Å². The van der Waals surface area contributed by atoms with Crippen LogP contribution in [-0.2, 0) is 0 Å². The molecule has 0 saturated carbocycles. The van der Waals surface area contributed by atoms with Crippen LogP contribution in [0.2, 0.25) is 0 Å². The first-order valence-electron chi connectivity index (χ1n) is 4.26. The fourth-order valence-electron chi connectivity index (χ4n) is 0.697. The van der Waals surface area contributed by atoms with Crippen LogP contribution in [0.3, 0.4) is 0 Å². The normalized spacial score (nSPS) is 13.4. The van der Waals surface area contributed by atoms with Gasteiger partial charge in [-0.3, -0.25) is 4.99 Å². The van der Waals surface area contributed by atoms with Crippen LogP contribution in [0.5, 0.6) is 0 Å². The highest BCUT2D eigenvalue weighted by atomic mass is 15.0. The summed E-state index contributed by atoms with van der Waals surface area (Å²) in [4.78, 5) is 15.9. The van der Waals surface area contributed by atoms with E-state index >= 15 is 0 Å². The van der Waals surface area contributed by atoms with Gasteiger partial charge in [0.2, 0.25) is 0 Å². The molecule has 0 spiro atoms. The quantitative estimate of drug-likeness (QED) is 0.497. The van der Waals surface area contributed by atoms with Crippen molar-refractivity contribution in [1.82, 2.24) is 0 Å². The first-order chi connectivity index (χ1) is 7.29. The summed E-state index contributed by atoms with van der Waals surface area (Å²) in [5.41, 5.74) is 0. The third kappa shape index (κ3) is 5.25. The van der Waals surface area contributed by atoms with Gasteiger partial charge in [0.25, 0.3) is 0 Å². The van der Waals surface area contributed by atoms with E-state index in [9.17, 15) is 0 Å². The highest BCUT2D eigenvalue weighted by Crippen LogP contribution is 1.90. The van der Waals surface area contributed by atoms with Crippen molar-refractivity contribution < 1.29 is 0 Å². The molecule has 78 valence electrons. The van der Waals surface area contributed by atoms with Crippen molar-refractivity contribution in [2.75, 3.05) is 7.05 Å². The number of allylic oxidation sites excluding steroid dienone is 2. The molecule has 0 aromatic heterocycles. The maximum absolute atomic E-state index is 4.01. The molecule has 0 radical (unpaired) electrons. The monoisotopic (exact) mass is 202 g/mol. The zero-order chi connectivity index (χ0) is 11.5. The predicted octanol–water partition coefficient (Wildman–Crippen LogP) is 2.07. The van der Waals surface area contributed by atoms with Gasteiger partial charge in [0, 0.05) is 25.7 Å². The van der Waals surface area contributed by atoms with E-state index in [1.807, 2.05) is 0 Å². The van der Waals surface area contributed by atoms with Crippen LogP contribution in [0.1, 0.15) is 0 Å². The van der Waals surface area contributed by atoms with Gasteiger partial charge in [-0.15, -0.1) is 0 Å². The second-order valence-electron chi connectivity index (χ2n) is 2.21. The van der Waals surface area contributed by atoms with Crippen molar-refractivity contribution in [1.29, 1.82) is 0 Å². The summed E-state index contributed by atoms with van der Waals surface area (Å²) < 4.78 is 0. The zero-order valence-corrected chi connectivity index (χ0v) is 8.80. The van der Waals surface area contributed by atoms with Crippen LogP contribution in [0, 0.1) is 0 Å². The van der Waals surface area contributed by atoms with Crippen molar-refractivity contribution >= 4 is 24.1 Å². The molecule has 0 aromatic carbocycles. The van der Waals surface area contributed by atoms with Gasteiger partial charge in [-0.05, 0) is 0 Å². The Morgan fingerprint density at radius 3 is 1.87 bits per heavy atom. The molecule has 0 saturated heterocycles. The Balaban J connectivity index is 5.04. The van der Waals surface area contributed by atoms with E-state index in [1.54, 1.807) is 19.2 Å². The lowest BCUT2D eigenvalue weighted by atomic mass is 10.5. The van der Waals surface area contributed by atoms with Crippen LogP contribution < -0.4 is 0 Å². The molecule has 0 aromatic rings. The average molecular weight is 202 g/mol. The lowest BCUT2D eigenvalue weighted by Gasteiger charge is -1.96. The lowest BCUT2D eigenvalue weighted by Crippen LogP contribution is -2.09. The summed E-state index contributed by atoms with van der Waals surface area (Å²) in [7, 11) is 1.61. The fraction of sp³-hybridized carbons (Fsp3) is 0.0909. The molecule has 0 heterocycles. The third-order valence-corrected chi connectivity index (χ3v) is 1.23. The largest absolute Gasteiger partial charge is 0.267 e. The maximum Gasteiger partial charge on any atom is 0.197 e. The molecule has 4 heteroatoms. The van der Waals surface area contributed by atoms with E-state index in [1.165, 1.54) is 18.6 Å². The molecule has 0 unspecified atom stereocenters. The Labute approximate surface area is 89.9 Å². The van der Waals surface area contributed by atoms with Gasteiger partial charge in [0.15, 0.2) is 11.7 Å². The Kier molecular flexibility index (Phi) is 7.31. The van der Waals surface area contributed by atoms with Crippen molar-refractivity contribution in [2.24, 2.45) is 20.0 Å². The Hall–Kier alpha value is -2.10. The molecule has 15 heavy (non-hydrogen) atoms. The molecule has 0 bridgehead atoms. The standard InChI is InChI=1S/C11H14N4/c1-5-8-14-10(12-4)11(13-7-3)15-9-6-2/h5-9H,1-3H2,4H3. The molecule has 0 fully saturated rings. The number of rotatable bonds is 3. The maximum atomic E-state index is 4.01. The Bertz CT molecular complexity index is 346. The molecule has 0 aliphatic heterocycles. The molecular weight excluding hydrogens is 188 g/mol. The number of nitrogens with zero attached hydrogens (tertiary/aromatic N) is 4. The van der Waals surface area contributed by atoms with Gasteiger partial charge < -0.3 is 0 Å². The fourth-order valence-corrected chi connectivity index (χ4v) is 0.697. The molecular formula is C11H14N4. The van der Waals surface area contributed by atoms with E-state index in [4.69, 9.17) is 0 Å². The highest BCUT2D eigenvalue weighted by Gasteiger charge is 2.02. The van der Waals surface area contributed by atoms with Crippen LogP contribution in [-0.4, -0.2) is 31.1 Å². The Morgan fingerprint density at radius 1 is 0.933 bits per heavy atom. The first-order valence-corrected chi connectivity index (χ1v) is 4.26. The van der Waals surface area contributed by atoms with Crippen LogP contribution in [0.15, 0.2) is 58.1 Å². The minimum atomic E-state index is 0.380. The molecule has 0 aliphatic rings. The molecule has 0 N–H and O–H groups in total. The van der Waals surface area contributed by atoms with Crippen LogP contribution in [0.4, 0.5) is 0 Å². The minimum Gasteiger partial charge on any atom is -0.267 e. The van der Waals surface area contributed by atoms with Crippen molar-refractivity contribution in [3.63, 3.8) is 0 Å². The molecule has 0 rings (SSSR count). The summed E-state index contributed by atoms with van der Waals surface area (Å²) in [6.07, 6.45) is 7.50. The lowest BCUT2D eigenvalue weighted by molar-refractivity contribution is 1.40. The van der Waals surface area contributed by atoms with Gasteiger partial charge in [0.1, 0.15) is 0 Å². The zero-order valence-electron chi connectivity index (χ0n) is 8.80. The van der Waals surface area contributed by atoms with E-state index in [-0.39, 0.29) is 0 Å². The van der Waals surface area contributed by atoms with Crippen molar-refractivity contribution in [3.8, 4) is 0 Å². The second-order valence-corrected chi connectivity index (χ2v) is 2.21. The number of hydrogen-bond acceptors (Lipinski definition) is 2. The van der Waals surface area contributed by atoms with Crippen molar-refractivity contribution in [3.05, 3.63) is 38.1 Å². The summed E-state index contributed by atoms with van der Waals surface area (Å²) in [5, 5.41) is 0. The summed E-state index contributed by atoms with van der Waals surface area (Å²) in [6.45, 7) is 10.5. The third-order valence-electron chi connectivity index (χ3n) is 1.23. The Morgan fingerprint density at radius 2 is 1.47 bits per heavy atom. The van der Waals surface area contributed by atoms with E-state index in [0.29, 0.717) is 11.7 Å². The minimum absolute atomic E-state index is 0.380. The van der Waals surface area contributed by atoms with Gasteiger partial charge in [-0.1, -0.05) is 31.9 Å². The molecule has 0 atom stereocenters. The topological polar surface area (TPSA) is 49.4 Å².